The molecule has 0 saturated heterocycles. The Balaban J connectivity index is 2.02. The third-order valence-corrected chi connectivity index (χ3v) is 5.09. The van der Waals surface area contributed by atoms with E-state index in [9.17, 15) is 9.59 Å². The van der Waals surface area contributed by atoms with Crippen molar-refractivity contribution in [1.29, 1.82) is 0 Å². The number of ketones is 1. The van der Waals surface area contributed by atoms with Gasteiger partial charge in [-0.05, 0) is 43.9 Å². The lowest BCUT2D eigenvalue weighted by Gasteiger charge is -2.38. The number of hydrogen-bond donors (Lipinski definition) is 1. The normalized spacial score (nSPS) is 20.9. The van der Waals surface area contributed by atoms with Gasteiger partial charge in [0.1, 0.15) is 5.54 Å². The van der Waals surface area contributed by atoms with E-state index in [0.717, 1.165) is 37.7 Å². The molecule has 5 heteroatoms. The molecular weight excluding hydrogens is 324 g/mol. The van der Waals surface area contributed by atoms with Crippen LogP contribution in [-0.4, -0.2) is 37.2 Å². The standard InChI is InChI=1S/C19H27ClN2O2/c1-22(2)18(24)12-6-8-14-21-19(13-7-5-11-17(19)23)15-9-3-4-10-16(15)20/h3-4,9-10,21H,5-8,11-14H2,1-2H3. The smallest absolute Gasteiger partial charge is 0.222 e. The summed E-state index contributed by atoms with van der Waals surface area (Å²) in [5.41, 5.74) is 0.225. The highest BCUT2D eigenvalue weighted by atomic mass is 35.5. The molecule has 0 aromatic heterocycles. The van der Waals surface area contributed by atoms with Gasteiger partial charge < -0.3 is 10.2 Å². The summed E-state index contributed by atoms with van der Waals surface area (Å²) in [5, 5.41) is 4.13. The average molecular weight is 351 g/mol. The van der Waals surface area contributed by atoms with Crippen molar-refractivity contribution >= 4 is 23.3 Å². The van der Waals surface area contributed by atoms with Gasteiger partial charge in [-0.1, -0.05) is 36.2 Å². The zero-order valence-electron chi connectivity index (χ0n) is 14.6. The van der Waals surface area contributed by atoms with E-state index >= 15 is 0 Å². The molecule has 0 spiro atoms. The van der Waals surface area contributed by atoms with Gasteiger partial charge in [-0.3, -0.25) is 9.59 Å². The van der Waals surface area contributed by atoms with Crippen LogP contribution in [0.15, 0.2) is 24.3 Å². The fourth-order valence-electron chi connectivity index (χ4n) is 3.33. The Morgan fingerprint density at radius 1 is 1.25 bits per heavy atom. The Kier molecular flexibility index (Phi) is 6.81. The third-order valence-electron chi connectivity index (χ3n) is 4.76. The lowest BCUT2D eigenvalue weighted by atomic mass is 9.75. The van der Waals surface area contributed by atoms with Crippen molar-refractivity contribution in [2.45, 2.75) is 50.5 Å². The predicted octanol–water partition coefficient (Wildman–Crippen LogP) is 3.53. The van der Waals surface area contributed by atoms with E-state index in [4.69, 9.17) is 11.6 Å². The Morgan fingerprint density at radius 3 is 2.67 bits per heavy atom. The number of nitrogens with one attached hydrogen (secondary N) is 1. The van der Waals surface area contributed by atoms with Crippen LogP contribution in [0.3, 0.4) is 0 Å². The van der Waals surface area contributed by atoms with Gasteiger partial charge in [-0.15, -0.1) is 0 Å². The monoisotopic (exact) mass is 350 g/mol. The summed E-state index contributed by atoms with van der Waals surface area (Å²) in [7, 11) is 3.54. The van der Waals surface area contributed by atoms with Crippen LogP contribution in [0.2, 0.25) is 5.02 Å². The fourth-order valence-corrected chi connectivity index (χ4v) is 3.63. The van der Waals surface area contributed by atoms with E-state index in [0.29, 0.717) is 24.4 Å². The molecule has 132 valence electrons. The Hall–Kier alpha value is -1.39. The predicted molar refractivity (Wildman–Crippen MR) is 97.2 cm³/mol. The van der Waals surface area contributed by atoms with E-state index in [2.05, 4.69) is 5.32 Å². The van der Waals surface area contributed by atoms with Crippen LogP contribution >= 0.6 is 11.6 Å². The minimum absolute atomic E-state index is 0.143. The molecule has 0 aliphatic heterocycles. The van der Waals surface area contributed by atoms with E-state index in [1.54, 1.807) is 19.0 Å². The van der Waals surface area contributed by atoms with Crippen LogP contribution in [0.25, 0.3) is 0 Å². The van der Waals surface area contributed by atoms with Crippen LogP contribution in [0.4, 0.5) is 0 Å². The summed E-state index contributed by atoms with van der Waals surface area (Å²) in [5.74, 6) is 0.371. The molecule has 1 aliphatic carbocycles. The van der Waals surface area contributed by atoms with Gasteiger partial charge in [0.05, 0.1) is 0 Å². The second-order valence-corrected chi connectivity index (χ2v) is 7.09. The van der Waals surface area contributed by atoms with Crippen LogP contribution in [0.1, 0.15) is 50.5 Å². The quantitative estimate of drug-likeness (QED) is 0.765. The molecule has 0 radical (unpaired) electrons. The van der Waals surface area contributed by atoms with E-state index in [-0.39, 0.29) is 11.7 Å². The molecule has 4 nitrogen and oxygen atoms in total. The maximum Gasteiger partial charge on any atom is 0.222 e. The zero-order chi connectivity index (χ0) is 17.6. The van der Waals surface area contributed by atoms with Crippen molar-refractivity contribution in [3.8, 4) is 0 Å². The molecule has 1 aromatic rings. The van der Waals surface area contributed by atoms with Gasteiger partial charge in [0.15, 0.2) is 5.78 Å². The van der Waals surface area contributed by atoms with Crippen molar-refractivity contribution in [2.75, 3.05) is 20.6 Å². The summed E-state index contributed by atoms with van der Waals surface area (Å²) < 4.78 is 0. The third kappa shape index (κ3) is 4.37. The molecule has 1 N–H and O–H groups in total. The van der Waals surface area contributed by atoms with Gasteiger partial charge >= 0.3 is 0 Å². The zero-order valence-corrected chi connectivity index (χ0v) is 15.4. The Labute approximate surface area is 149 Å². The molecule has 2 rings (SSSR count). The van der Waals surface area contributed by atoms with Crippen LogP contribution < -0.4 is 5.32 Å². The van der Waals surface area contributed by atoms with E-state index in [1.165, 1.54) is 0 Å². The average Bonchev–Trinajstić information content (AvgIpc) is 2.56. The van der Waals surface area contributed by atoms with E-state index in [1.807, 2.05) is 24.3 Å². The molecule has 1 aliphatic rings. The molecule has 24 heavy (non-hydrogen) atoms. The first-order valence-corrected chi connectivity index (χ1v) is 9.08. The van der Waals surface area contributed by atoms with Crippen LogP contribution in [0, 0.1) is 0 Å². The molecule has 1 atom stereocenters. The Morgan fingerprint density at radius 2 is 2.00 bits per heavy atom. The molecule has 1 aromatic carbocycles. The highest BCUT2D eigenvalue weighted by Gasteiger charge is 2.41. The lowest BCUT2D eigenvalue weighted by Crippen LogP contribution is -2.51. The molecule has 0 heterocycles. The van der Waals surface area contributed by atoms with Crippen LogP contribution in [-0.2, 0) is 15.1 Å². The number of rotatable bonds is 7. The van der Waals surface area contributed by atoms with Gasteiger partial charge in [0.2, 0.25) is 5.91 Å². The number of halogens is 1. The molecule has 1 fully saturated rings. The summed E-state index contributed by atoms with van der Waals surface area (Å²) in [6.07, 6.45) is 5.56. The van der Waals surface area contributed by atoms with Crippen molar-refractivity contribution in [3.05, 3.63) is 34.9 Å². The molecule has 0 bridgehead atoms. The minimum Gasteiger partial charge on any atom is -0.349 e. The van der Waals surface area contributed by atoms with Crippen molar-refractivity contribution < 1.29 is 9.59 Å². The van der Waals surface area contributed by atoms with Gasteiger partial charge in [-0.2, -0.15) is 0 Å². The number of carbonyl (C=O) groups excluding carboxylic acids is 2. The maximum atomic E-state index is 12.7. The number of unbranched alkanes of at least 4 members (excludes halogenated alkanes) is 1. The molecular formula is C19H27ClN2O2. The number of carbonyl (C=O) groups is 2. The fraction of sp³-hybridized carbons (Fsp3) is 0.579. The highest BCUT2D eigenvalue weighted by Crippen LogP contribution is 2.38. The largest absolute Gasteiger partial charge is 0.349 e. The first kappa shape index (κ1) is 18.9. The van der Waals surface area contributed by atoms with E-state index < -0.39 is 5.54 Å². The molecule has 1 amide bonds. The number of hydrogen-bond acceptors (Lipinski definition) is 3. The van der Waals surface area contributed by atoms with Crippen LogP contribution in [0.5, 0.6) is 0 Å². The van der Waals surface area contributed by atoms with Gasteiger partial charge in [0.25, 0.3) is 0 Å². The first-order chi connectivity index (χ1) is 11.5. The number of nitrogens with zero attached hydrogens (tertiary/aromatic N) is 1. The van der Waals surface area contributed by atoms with Gasteiger partial charge in [0, 0.05) is 32.0 Å². The van der Waals surface area contributed by atoms with Crippen molar-refractivity contribution in [2.24, 2.45) is 0 Å². The summed E-state index contributed by atoms with van der Waals surface area (Å²) in [6, 6.07) is 7.62. The van der Waals surface area contributed by atoms with Crippen molar-refractivity contribution in [3.63, 3.8) is 0 Å². The summed E-state index contributed by atoms with van der Waals surface area (Å²) in [4.78, 5) is 26.0. The highest BCUT2D eigenvalue weighted by molar-refractivity contribution is 6.31. The lowest BCUT2D eigenvalue weighted by molar-refractivity contribution is -0.129. The number of amides is 1. The Bertz CT molecular complexity index is 588. The second-order valence-electron chi connectivity index (χ2n) is 6.69. The number of benzene rings is 1. The van der Waals surface area contributed by atoms with Gasteiger partial charge in [-0.25, -0.2) is 0 Å². The molecule has 1 unspecified atom stereocenters. The topological polar surface area (TPSA) is 49.4 Å². The van der Waals surface area contributed by atoms with Crippen molar-refractivity contribution in [1.82, 2.24) is 10.2 Å². The first-order valence-electron chi connectivity index (χ1n) is 8.71. The minimum atomic E-state index is -0.665. The molecule has 1 saturated carbocycles. The summed E-state index contributed by atoms with van der Waals surface area (Å²) in [6.45, 7) is 0.706. The SMILES string of the molecule is CN(C)C(=O)CCCCNC1(c2ccccc2Cl)CCCCC1=O. The maximum absolute atomic E-state index is 12.7. The summed E-state index contributed by atoms with van der Waals surface area (Å²) >= 11 is 6.39. The second kappa shape index (κ2) is 8.63. The number of Topliss-reactive ketones (excluding diaryl/α,β-unsaturated/α-hetero) is 1.